The highest BCUT2D eigenvalue weighted by Crippen LogP contribution is 2.13. The lowest BCUT2D eigenvalue weighted by Crippen LogP contribution is -2.10. The van der Waals surface area contributed by atoms with E-state index >= 15 is 0 Å². The number of rotatable bonds is 2. The SMILES string of the molecule is CCc1ccc(-c2ccccc2)c(=O)[nH]1. The van der Waals surface area contributed by atoms with Crippen molar-refractivity contribution in [3.8, 4) is 11.1 Å². The average molecular weight is 199 g/mol. The molecule has 2 nitrogen and oxygen atoms in total. The molecule has 0 saturated heterocycles. The van der Waals surface area contributed by atoms with E-state index in [1.165, 1.54) is 0 Å². The molecule has 0 saturated carbocycles. The van der Waals surface area contributed by atoms with Gasteiger partial charge in [0.2, 0.25) is 0 Å². The van der Waals surface area contributed by atoms with Gasteiger partial charge < -0.3 is 4.98 Å². The predicted molar refractivity (Wildman–Crippen MR) is 61.9 cm³/mol. The molecule has 0 unspecified atom stereocenters. The van der Waals surface area contributed by atoms with Crippen LogP contribution in [0.15, 0.2) is 47.3 Å². The number of aryl methyl sites for hydroxylation is 1. The van der Waals surface area contributed by atoms with Crippen molar-refractivity contribution in [2.75, 3.05) is 0 Å². The number of nitrogens with one attached hydrogen (secondary N) is 1. The molecule has 2 rings (SSSR count). The normalized spacial score (nSPS) is 10.2. The first-order valence-electron chi connectivity index (χ1n) is 5.09. The molecular weight excluding hydrogens is 186 g/mol. The van der Waals surface area contributed by atoms with Crippen LogP contribution in [-0.4, -0.2) is 4.98 Å². The Bertz CT molecular complexity index is 499. The van der Waals surface area contributed by atoms with E-state index in [1.807, 2.05) is 49.4 Å². The Hall–Kier alpha value is -1.83. The summed E-state index contributed by atoms with van der Waals surface area (Å²) in [5.41, 5.74) is 2.65. The van der Waals surface area contributed by atoms with E-state index in [-0.39, 0.29) is 5.56 Å². The van der Waals surface area contributed by atoms with Gasteiger partial charge in [-0.2, -0.15) is 0 Å². The van der Waals surface area contributed by atoms with E-state index in [4.69, 9.17) is 0 Å². The van der Waals surface area contributed by atoms with Gasteiger partial charge in [0.25, 0.3) is 5.56 Å². The van der Waals surface area contributed by atoms with Gasteiger partial charge in [-0.1, -0.05) is 37.3 Å². The fraction of sp³-hybridized carbons (Fsp3) is 0.154. The molecule has 1 aromatic carbocycles. The monoisotopic (exact) mass is 199 g/mol. The summed E-state index contributed by atoms with van der Waals surface area (Å²) >= 11 is 0. The molecule has 0 spiro atoms. The molecule has 76 valence electrons. The maximum absolute atomic E-state index is 11.7. The summed E-state index contributed by atoms with van der Waals surface area (Å²) in [6.07, 6.45) is 0.851. The molecule has 0 amide bonds. The van der Waals surface area contributed by atoms with Gasteiger partial charge in [-0.15, -0.1) is 0 Å². The number of H-pyrrole nitrogens is 1. The zero-order chi connectivity index (χ0) is 10.7. The van der Waals surface area contributed by atoms with Crippen LogP contribution in [-0.2, 0) is 6.42 Å². The highest BCUT2D eigenvalue weighted by atomic mass is 16.1. The second-order valence-corrected chi connectivity index (χ2v) is 3.45. The third kappa shape index (κ3) is 1.99. The quantitative estimate of drug-likeness (QED) is 0.792. The molecule has 0 aliphatic carbocycles. The smallest absolute Gasteiger partial charge is 0.256 e. The lowest BCUT2D eigenvalue weighted by molar-refractivity contribution is 1.01. The van der Waals surface area contributed by atoms with E-state index in [0.29, 0.717) is 0 Å². The minimum absolute atomic E-state index is 0.0134. The van der Waals surface area contributed by atoms with Gasteiger partial charge in [-0.05, 0) is 24.1 Å². The van der Waals surface area contributed by atoms with Crippen LogP contribution in [0.25, 0.3) is 11.1 Å². The van der Waals surface area contributed by atoms with Gasteiger partial charge >= 0.3 is 0 Å². The van der Waals surface area contributed by atoms with Gasteiger partial charge in [-0.25, -0.2) is 0 Å². The standard InChI is InChI=1S/C13H13NO/c1-2-11-8-9-12(13(15)14-11)10-6-4-3-5-7-10/h3-9H,2H2,1H3,(H,14,15). The van der Waals surface area contributed by atoms with Crippen LogP contribution >= 0.6 is 0 Å². The van der Waals surface area contributed by atoms with Gasteiger partial charge in [0.1, 0.15) is 0 Å². The van der Waals surface area contributed by atoms with Gasteiger partial charge in [0.15, 0.2) is 0 Å². The summed E-state index contributed by atoms with van der Waals surface area (Å²) in [4.78, 5) is 14.6. The summed E-state index contributed by atoms with van der Waals surface area (Å²) in [5, 5.41) is 0. The second kappa shape index (κ2) is 4.13. The highest BCUT2D eigenvalue weighted by Gasteiger charge is 2.02. The van der Waals surface area contributed by atoms with E-state index in [2.05, 4.69) is 4.98 Å². The Morgan fingerprint density at radius 1 is 1.07 bits per heavy atom. The van der Waals surface area contributed by atoms with Crippen molar-refractivity contribution in [2.45, 2.75) is 13.3 Å². The fourth-order valence-electron chi connectivity index (χ4n) is 1.57. The number of aromatic nitrogens is 1. The molecule has 0 aliphatic heterocycles. The summed E-state index contributed by atoms with van der Waals surface area (Å²) in [6, 6.07) is 13.5. The van der Waals surface area contributed by atoms with Crippen molar-refractivity contribution < 1.29 is 0 Å². The Morgan fingerprint density at radius 2 is 1.80 bits per heavy atom. The van der Waals surface area contributed by atoms with E-state index < -0.39 is 0 Å². The Labute approximate surface area is 88.6 Å². The van der Waals surface area contributed by atoms with E-state index in [0.717, 1.165) is 23.2 Å². The summed E-state index contributed by atoms with van der Waals surface area (Å²) in [6.45, 7) is 2.02. The molecule has 1 heterocycles. The minimum atomic E-state index is -0.0134. The third-order valence-corrected chi connectivity index (χ3v) is 2.44. The predicted octanol–water partition coefficient (Wildman–Crippen LogP) is 2.60. The van der Waals surface area contributed by atoms with Crippen LogP contribution in [0.4, 0.5) is 0 Å². The molecule has 0 fully saturated rings. The Kier molecular flexibility index (Phi) is 2.68. The summed E-state index contributed by atoms with van der Waals surface area (Å²) in [5.74, 6) is 0. The van der Waals surface area contributed by atoms with E-state index in [9.17, 15) is 4.79 Å². The van der Waals surface area contributed by atoms with E-state index in [1.54, 1.807) is 0 Å². The van der Waals surface area contributed by atoms with Crippen LogP contribution in [0.1, 0.15) is 12.6 Å². The van der Waals surface area contributed by atoms with Crippen molar-refractivity contribution >= 4 is 0 Å². The molecule has 0 aliphatic rings. The zero-order valence-corrected chi connectivity index (χ0v) is 8.66. The highest BCUT2D eigenvalue weighted by molar-refractivity contribution is 5.61. The molecule has 0 radical (unpaired) electrons. The van der Waals surface area contributed by atoms with Crippen molar-refractivity contribution in [3.63, 3.8) is 0 Å². The van der Waals surface area contributed by atoms with Crippen molar-refractivity contribution in [1.29, 1.82) is 0 Å². The first-order chi connectivity index (χ1) is 7.31. The summed E-state index contributed by atoms with van der Waals surface area (Å²) < 4.78 is 0. The number of hydrogen-bond acceptors (Lipinski definition) is 1. The molecule has 0 bridgehead atoms. The second-order valence-electron chi connectivity index (χ2n) is 3.45. The fourth-order valence-corrected chi connectivity index (χ4v) is 1.57. The van der Waals surface area contributed by atoms with Crippen LogP contribution < -0.4 is 5.56 Å². The Balaban J connectivity index is 2.51. The van der Waals surface area contributed by atoms with Gasteiger partial charge in [0.05, 0.1) is 0 Å². The molecule has 2 aromatic rings. The number of pyridine rings is 1. The van der Waals surface area contributed by atoms with Crippen molar-refractivity contribution in [3.05, 3.63) is 58.5 Å². The molecule has 15 heavy (non-hydrogen) atoms. The molecule has 1 N–H and O–H groups in total. The number of aromatic amines is 1. The van der Waals surface area contributed by atoms with Crippen LogP contribution in [0.2, 0.25) is 0 Å². The number of hydrogen-bond donors (Lipinski definition) is 1. The zero-order valence-electron chi connectivity index (χ0n) is 8.66. The van der Waals surface area contributed by atoms with Crippen LogP contribution in [0.3, 0.4) is 0 Å². The topological polar surface area (TPSA) is 32.9 Å². The van der Waals surface area contributed by atoms with Crippen molar-refractivity contribution in [1.82, 2.24) is 4.98 Å². The largest absolute Gasteiger partial charge is 0.326 e. The number of benzene rings is 1. The maximum atomic E-state index is 11.7. The Morgan fingerprint density at radius 3 is 2.40 bits per heavy atom. The van der Waals surface area contributed by atoms with Crippen LogP contribution in [0, 0.1) is 0 Å². The van der Waals surface area contributed by atoms with Crippen LogP contribution in [0.5, 0.6) is 0 Å². The lowest BCUT2D eigenvalue weighted by Gasteiger charge is -2.01. The maximum Gasteiger partial charge on any atom is 0.256 e. The lowest BCUT2D eigenvalue weighted by atomic mass is 10.1. The summed E-state index contributed by atoms with van der Waals surface area (Å²) in [7, 11) is 0. The molecule has 1 aromatic heterocycles. The molecule has 2 heteroatoms. The van der Waals surface area contributed by atoms with Gasteiger partial charge in [0, 0.05) is 11.3 Å². The van der Waals surface area contributed by atoms with Gasteiger partial charge in [-0.3, -0.25) is 4.79 Å². The average Bonchev–Trinajstić information content (AvgIpc) is 2.30. The molecular formula is C13H13NO. The first-order valence-corrected chi connectivity index (χ1v) is 5.09. The first kappa shape index (κ1) is 9.71. The van der Waals surface area contributed by atoms with Crippen molar-refractivity contribution in [2.24, 2.45) is 0 Å². The minimum Gasteiger partial charge on any atom is -0.326 e. The third-order valence-electron chi connectivity index (χ3n) is 2.44. The molecule has 0 atom stereocenters.